The van der Waals surface area contributed by atoms with Crippen molar-refractivity contribution in [1.29, 1.82) is 0 Å². The van der Waals surface area contributed by atoms with E-state index in [1.54, 1.807) is 47.8 Å². The Morgan fingerprint density at radius 2 is 1.02 bits per heavy atom. The molecule has 0 spiro atoms. The van der Waals surface area contributed by atoms with E-state index in [1.165, 1.54) is 12.1 Å². The van der Waals surface area contributed by atoms with Gasteiger partial charge in [0.25, 0.3) is 0 Å². The molecular weight excluding hydrogens is 589 g/mol. The van der Waals surface area contributed by atoms with Crippen LogP contribution in [0.2, 0.25) is 10.0 Å². The summed E-state index contributed by atoms with van der Waals surface area (Å²) < 4.78 is 32.5. The smallest absolute Gasteiger partial charge is 0.130 e. The molecule has 0 N–H and O–H groups in total. The quantitative estimate of drug-likeness (QED) is 0.196. The molecule has 2 aliphatic rings. The van der Waals surface area contributed by atoms with Crippen LogP contribution < -0.4 is 0 Å². The van der Waals surface area contributed by atoms with Crippen molar-refractivity contribution < 1.29 is 8.78 Å². The number of rotatable bonds is 2. The predicted octanol–water partition coefficient (Wildman–Crippen LogP) is 9.24. The Kier molecular flexibility index (Phi) is 6.74. The van der Waals surface area contributed by atoms with Gasteiger partial charge in [-0.1, -0.05) is 59.6 Å². The first-order valence-electron chi connectivity index (χ1n) is 12.5. The van der Waals surface area contributed by atoms with Gasteiger partial charge in [0.2, 0.25) is 0 Å². The number of aromatic nitrogens is 4. The van der Waals surface area contributed by atoms with E-state index in [9.17, 15) is 8.78 Å². The average molecular weight is 610 g/mol. The van der Waals surface area contributed by atoms with Crippen LogP contribution in [0.15, 0.2) is 84.9 Å². The lowest BCUT2D eigenvalue weighted by Gasteiger charge is -2.16. The Hall–Kier alpha value is -3.04. The lowest BCUT2D eigenvalue weighted by molar-refractivity contribution is 0.599. The molecule has 4 heterocycles. The number of nitrogens with zero attached hydrogens (tertiary/aromatic N) is 4. The summed E-state index contributed by atoms with van der Waals surface area (Å²) in [6.07, 6.45) is 0. The second-order valence-corrected chi connectivity index (χ2v) is 12.3. The first kappa shape index (κ1) is 25.9. The van der Waals surface area contributed by atoms with Crippen LogP contribution in [0.1, 0.15) is 33.5 Å². The molecule has 200 valence electrons. The monoisotopic (exact) mass is 608 g/mol. The largest absolute Gasteiger partial charge is 0.310 e. The molecule has 4 nitrogen and oxygen atoms in total. The van der Waals surface area contributed by atoms with E-state index in [0.717, 1.165) is 45.2 Å². The standard InChI is InChI=1S/2C15H10ClFN2S/c2*16-9-4-3-5-10(17)14(9)15-19-12-7-2-1-6-11(12)18-13(19)8-20-15/h2*1-7,15H,8H2/t2*15-/m10/s1. The van der Waals surface area contributed by atoms with E-state index in [0.29, 0.717) is 21.2 Å². The number of hydrogen-bond donors (Lipinski definition) is 0. The van der Waals surface area contributed by atoms with E-state index in [-0.39, 0.29) is 22.4 Å². The second-order valence-electron chi connectivity index (χ2n) is 9.37. The molecule has 8 rings (SSSR count). The Bertz CT molecular complexity index is 1730. The van der Waals surface area contributed by atoms with Gasteiger partial charge in [-0.2, -0.15) is 0 Å². The Morgan fingerprint density at radius 3 is 1.45 bits per heavy atom. The highest BCUT2D eigenvalue weighted by atomic mass is 35.5. The van der Waals surface area contributed by atoms with Crippen LogP contribution in [-0.4, -0.2) is 19.1 Å². The summed E-state index contributed by atoms with van der Waals surface area (Å²) in [5, 5.41) is 0.637. The molecule has 0 unspecified atom stereocenters. The number of benzene rings is 4. The van der Waals surface area contributed by atoms with E-state index >= 15 is 0 Å². The number of para-hydroxylation sites is 4. The lowest BCUT2D eigenvalue weighted by Crippen LogP contribution is -2.06. The molecular formula is C30H20Cl2F2N4S2. The third kappa shape index (κ3) is 4.29. The third-order valence-corrected chi connectivity index (χ3v) is 10.1. The molecule has 0 radical (unpaired) electrons. The average Bonchev–Trinajstić information content (AvgIpc) is 3.70. The fourth-order valence-corrected chi connectivity index (χ4v) is 8.55. The highest BCUT2D eigenvalue weighted by molar-refractivity contribution is 7.99. The Balaban J connectivity index is 0.000000132. The number of fused-ring (bicyclic) bond motifs is 6. The van der Waals surface area contributed by atoms with Crippen molar-refractivity contribution in [3.63, 3.8) is 0 Å². The topological polar surface area (TPSA) is 35.6 Å². The molecule has 2 atom stereocenters. The number of hydrogen-bond acceptors (Lipinski definition) is 4. The van der Waals surface area contributed by atoms with Crippen LogP contribution in [0, 0.1) is 11.6 Å². The van der Waals surface area contributed by atoms with Gasteiger partial charge in [0.15, 0.2) is 0 Å². The molecule has 0 bridgehead atoms. The highest BCUT2D eigenvalue weighted by Crippen LogP contribution is 2.46. The van der Waals surface area contributed by atoms with Crippen molar-refractivity contribution in [2.24, 2.45) is 0 Å². The Morgan fingerprint density at radius 1 is 0.600 bits per heavy atom. The molecule has 4 aromatic carbocycles. The first-order chi connectivity index (χ1) is 19.5. The molecule has 2 aromatic heterocycles. The Labute approximate surface area is 247 Å². The van der Waals surface area contributed by atoms with Crippen LogP contribution in [0.4, 0.5) is 8.78 Å². The van der Waals surface area contributed by atoms with Crippen molar-refractivity contribution in [2.45, 2.75) is 22.3 Å². The van der Waals surface area contributed by atoms with Gasteiger partial charge < -0.3 is 9.13 Å². The van der Waals surface area contributed by atoms with Crippen LogP contribution >= 0.6 is 46.7 Å². The molecule has 6 aromatic rings. The summed E-state index contributed by atoms with van der Waals surface area (Å²) in [6, 6.07) is 25.5. The van der Waals surface area contributed by atoms with Crippen molar-refractivity contribution in [2.75, 3.05) is 0 Å². The summed E-state index contributed by atoms with van der Waals surface area (Å²) in [5.74, 6) is 2.95. The molecule has 0 aliphatic carbocycles. The SMILES string of the molecule is Fc1cccc(Cl)c1[C@@H]1SCc2nc3ccccc3n21.Fc1cccc(Cl)c1[C@H]1SCc2nc3ccccc3n21. The fraction of sp³-hybridized carbons (Fsp3) is 0.133. The molecule has 0 amide bonds. The maximum absolute atomic E-state index is 14.2. The fourth-order valence-electron chi connectivity index (χ4n) is 5.29. The third-order valence-electron chi connectivity index (χ3n) is 7.04. The number of imidazole rings is 2. The first-order valence-corrected chi connectivity index (χ1v) is 15.4. The minimum absolute atomic E-state index is 0.147. The van der Waals surface area contributed by atoms with Gasteiger partial charge in [-0.15, -0.1) is 23.5 Å². The van der Waals surface area contributed by atoms with E-state index < -0.39 is 0 Å². The molecule has 0 saturated heterocycles. The van der Waals surface area contributed by atoms with Crippen LogP contribution in [0.3, 0.4) is 0 Å². The van der Waals surface area contributed by atoms with Gasteiger partial charge in [-0.3, -0.25) is 0 Å². The minimum Gasteiger partial charge on any atom is -0.310 e. The predicted molar refractivity (Wildman–Crippen MR) is 161 cm³/mol. The summed E-state index contributed by atoms with van der Waals surface area (Å²) in [4.78, 5) is 9.21. The normalized spacial score (nSPS) is 17.6. The van der Waals surface area contributed by atoms with Crippen molar-refractivity contribution in [1.82, 2.24) is 19.1 Å². The van der Waals surface area contributed by atoms with E-state index in [4.69, 9.17) is 23.2 Å². The maximum atomic E-state index is 14.2. The summed E-state index contributed by atoms with van der Waals surface area (Å²) in [7, 11) is 0. The molecule has 2 aliphatic heterocycles. The number of halogens is 4. The number of thioether (sulfide) groups is 2. The van der Waals surface area contributed by atoms with Gasteiger partial charge in [-0.05, 0) is 48.5 Å². The lowest BCUT2D eigenvalue weighted by atomic mass is 10.2. The van der Waals surface area contributed by atoms with Crippen molar-refractivity contribution in [3.8, 4) is 0 Å². The van der Waals surface area contributed by atoms with Crippen LogP contribution in [0.5, 0.6) is 0 Å². The maximum Gasteiger partial charge on any atom is 0.130 e. The minimum atomic E-state index is -0.263. The molecule has 0 fully saturated rings. The van der Waals surface area contributed by atoms with Gasteiger partial charge in [0.05, 0.1) is 33.6 Å². The summed E-state index contributed by atoms with van der Waals surface area (Å²) in [5.41, 5.74) is 5.02. The van der Waals surface area contributed by atoms with Crippen molar-refractivity contribution in [3.05, 3.63) is 129 Å². The van der Waals surface area contributed by atoms with Gasteiger partial charge >= 0.3 is 0 Å². The van der Waals surface area contributed by atoms with Gasteiger partial charge in [0, 0.05) is 21.2 Å². The molecule has 10 heteroatoms. The zero-order valence-electron chi connectivity index (χ0n) is 20.8. The van der Waals surface area contributed by atoms with Crippen LogP contribution in [-0.2, 0) is 11.5 Å². The van der Waals surface area contributed by atoms with Gasteiger partial charge in [0.1, 0.15) is 34.0 Å². The summed E-state index contributed by atoms with van der Waals surface area (Å²) >= 11 is 15.7. The van der Waals surface area contributed by atoms with Crippen molar-refractivity contribution >= 4 is 68.8 Å². The zero-order chi connectivity index (χ0) is 27.4. The van der Waals surface area contributed by atoms with Gasteiger partial charge in [-0.25, -0.2) is 18.7 Å². The highest BCUT2D eigenvalue weighted by Gasteiger charge is 2.32. The zero-order valence-corrected chi connectivity index (χ0v) is 23.9. The summed E-state index contributed by atoms with van der Waals surface area (Å²) in [6.45, 7) is 0. The van der Waals surface area contributed by atoms with Crippen LogP contribution in [0.25, 0.3) is 22.1 Å². The van der Waals surface area contributed by atoms with E-state index in [1.807, 2.05) is 48.5 Å². The second kappa shape index (κ2) is 10.4. The van der Waals surface area contributed by atoms with E-state index in [2.05, 4.69) is 19.1 Å². The molecule has 40 heavy (non-hydrogen) atoms. The molecule has 0 saturated carbocycles.